The summed E-state index contributed by atoms with van der Waals surface area (Å²) >= 11 is 0. The smallest absolute Gasteiger partial charge is 0.256 e. The van der Waals surface area contributed by atoms with Crippen LogP contribution >= 0.6 is 0 Å². The van der Waals surface area contributed by atoms with E-state index in [1.807, 2.05) is 57.2 Å². The van der Waals surface area contributed by atoms with Gasteiger partial charge in [0.05, 0.1) is 12.5 Å². The molecule has 36 heavy (non-hydrogen) atoms. The molecular weight excluding hydrogens is 458 g/mol. The molecule has 3 aromatic carbocycles. The summed E-state index contributed by atoms with van der Waals surface area (Å²) in [7, 11) is 0. The average molecular weight is 488 g/mol. The minimum absolute atomic E-state index is 0.328. The number of amides is 1. The van der Waals surface area contributed by atoms with Crippen LogP contribution in [0.1, 0.15) is 42.0 Å². The first-order chi connectivity index (χ1) is 17.3. The molecule has 1 fully saturated rings. The molecule has 0 radical (unpaired) electrons. The van der Waals surface area contributed by atoms with Crippen LogP contribution in [0.25, 0.3) is 0 Å². The quantitative estimate of drug-likeness (QED) is 0.375. The second-order valence-electron chi connectivity index (χ2n) is 9.41. The van der Waals surface area contributed by atoms with E-state index in [9.17, 15) is 14.9 Å². The fourth-order valence-electron chi connectivity index (χ4n) is 5.52. The summed E-state index contributed by atoms with van der Waals surface area (Å²) in [6.45, 7) is 6.59. The van der Waals surface area contributed by atoms with Gasteiger partial charge in [-0.15, -0.1) is 0 Å². The number of rotatable bonds is 7. The van der Waals surface area contributed by atoms with Crippen LogP contribution in [0.5, 0.6) is 11.5 Å². The molecule has 3 aromatic rings. The van der Waals surface area contributed by atoms with Crippen molar-refractivity contribution in [2.24, 2.45) is 0 Å². The Labute approximate surface area is 209 Å². The van der Waals surface area contributed by atoms with Crippen LogP contribution in [-0.2, 0) is 16.9 Å². The molecule has 1 amide bonds. The van der Waals surface area contributed by atoms with E-state index < -0.39 is 23.4 Å². The van der Waals surface area contributed by atoms with Crippen molar-refractivity contribution in [1.29, 1.82) is 0 Å². The molecule has 1 saturated heterocycles. The van der Waals surface area contributed by atoms with E-state index in [0.29, 0.717) is 36.0 Å². The number of para-hydroxylation sites is 1. The molecule has 0 bridgehead atoms. The number of nitrogens with zero attached hydrogens (tertiary/aromatic N) is 1. The summed E-state index contributed by atoms with van der Waals surface area (Å²) in [4.78, 5) is 25.4. The highest BCUT2D eigenvalue weighted by Crippen LogP contribution is 2.50. The van der Waals surface area contributed by atoms with Crippen molar-refractivity contribution in [3.63, 3.8) is 0 Å². The third-order valence-corrected chi connectivity index (χ3v) is 7.13. The molecule has 186 valence electrons. The average Bonchev–Trinajstić information content (AvgIpc) is 3.33. The van der Waals surface area contributed by atoms with Gasteiger partial charge in [0.15, 0.2) is 17.0 Å². The van der Waals surface area contributed by atoms with Crippen molar-refractivity contribution in [2.75, 3.05) is 11.9 Å². The van der Waals surface area contributed by atoms with E-state index >= 15 is 0 Å². The van der Waals surface area contributed by atoms with E-state index in [4.69, 9.17) is 9.47 Å². The van der Waals surface area contributed by atoms with Gasteiger partial charge in [0, 0.05) is 22.2 Å². The topological polar surface area (TPSA) is 103 Å². The second-order valence-corrected chi connectivity index (χ2v) is 9.41. The highest BCUT2D eigenvalue weighted by molar-refractivity contribution is 6.07. The first-order valence-electron chi connectivity index (χ1n) is 12.1. The van der Waals surface area contributed by atoms with Crippen LogP contribution < -0.4 is 20.1 Å². The minimum atomic E-state index is -1.45. The van der Waals surface area contributed by atoms with Crippen LogP contribution in [0.2, 0.25) is 0 Å². The van der Waals surface area contributed by atoms with Crippen molar-refractivity contribution >= 4 is 11.6 Å². The molecule has 0 aromatic heterocycles. The summed E-state index contributed by atoms with van der Waals surface area (Å²) in [6, 6.07) is 19.1. The van der Waals surface area contributed by atoms with Crippen molar-refractivity contribution < 1.29 is 19.2 Å². The summed E-state index contributed by atoms with van der Waals surface area (Å²) < 4.78 is 11.9. The normalized spacial score (nSPS) is 24.4. The predicted molar refractivity (Wildman–Crippen MR) is 136 cm³/mol. The van der Waals surface area contributed by atoms with Crippen molar-refractivity contribution in [3.05, 3.63) is 99.1 Å². The number of hydrogen-bond donors (Lipinski definition) is 2. The molecule has 0 unspecified atom stereocenters. The van der Waals surface area contributed by atoms with Crippen molar-refractivity contribution in [2.45, 2.75) is 50.9 Å². The number of carbonyl (C=O) groups is 1. The van der Waals surface area contributed by atoms with Gasteiger partial charge in [-0.3, -0.25) is 20.2 Å². The molecule has 2 N–H and O–H groups in total. The molecule has 8 nitrogen and oxygen atoms in total. The molecule has 0 aliphatic carbocycles. The van der Waals surface area contributed by atoms with Gasteiger partial charge in [0.25, 0.3) is 11.9 Å². The molecule has 0 saturated carbocycles. The zero-order chi connectivity index (χ0) is 25.4. The molecule has 2 aliphatic heterocycles. The van der Waals surface area contributed by atoms with Crippen LogP contribution in [0.4, 0.5) is 5.69 Å². The van der Waals surface area contributed by atoms with Gasteiger partial charge >= 0.3 is 0 Å². The zero-order valence-electron chi connectivity index (χ0n) is 20.5. The van der Waals surface area contributed by atoms with Crippen molar-refractivity contribution in [3.8, 4) is 11.5 Å². The van der Waals surface area contributed by atoms with E-state index in [2.05, 4.69) is 10.6 Å². The van der Waals surface area contributed by atoms with Crippen LogP contribution in [0.15, 0.2) is 66.7 Å². The number of anilines is 1. The third kappa shape index (κ3) is 3.87. The number of nitrogens with one attached hydrogen (secondary N) is 2. The third-order valence-electron chi connectivity index (χ3n) is 7.13. The first kappa shape index (κ1) is 23.8. The lowest BCUT2D eigenvalue weighted by Crippen LogP contribution is -2.54. The Kier molecular flexibility index (Phi) is 6.14. The fraction of sp³-hybridized carbons (Fsp3) is 0.321. The van der Waals surface area contributed by atoms with E-state index in [1.165, 1.54) is 5.56 Å². The molecular formula is C28H29N3O5. The Morgan fingerprint density at radius 3 is 2.50 bits per heavy atom. The number of aryl methyl sites for hydroxylation is 1. The first-order valence-corrected chi connectivity index (χ1v) is 12.1. The second kappa shape index (κ2) is 9.28. The maximum atomic E-state index is 13.2. The lowest BCUT2D eigenvalue weighted by atomic mass is 9.78. The number of carbonyl (C=O) groups excluding carboxylic acids is 1. The number of nitro groups is 1. The highest BCUT2D eigenvalue weighted by atomic mass is 16.6. The van der Waals surface area contributed by atoms with Gasteiger partial charge in [-0.1, -0.05) is 54.1 Å². The van der Waals surface area contributed by atoms with Crippen LogP contribution in [0, 0.1) is 17.0 Å². The Morgan fingerprint density at radius 1 is 1.03 bits per heavy atom. The lowest BCUT2D eigenvalue weighted by Gasteiger charge is -2.25. The van der Waals surface area contributed by atoms with E-state index in [1.54, 1.807) is 30.3 Å². The standard InChI is InChI=1S/C28H29N3O5/c1-4-35-24-15-20(13-14-23(24)36-16-19-11-9-17(2)10-12-19)25-18(3)30-28(26(25)31(33)34)21-7-5-6-8-22(21)29-27(28)32/h5-15,18,25-26,30H,4,16H2,1-3H3,(H,29,32)/t18-,25-,26+,28+/m0/s1. The molecule has 4 atom stereocenters. The number of hydrogen-bond acceptors (Lipinski definition) is 6. The lowest BCUT2D eigenvalue weighted by molar-refractivity contribution is -0.532. The number of ether oxygens (including phenoxy) is 2. The fourth-order valence-corrected chi connectivity index (χ4v) is 5.52. The van der Waals surface area contributed by atoms with E-state index in [0.717, 1.165) is 11.1 Å². The largest absolute Gasteiger partial charge is 0.490 e. The molecule has 1 spiro atoms. The maximum Gasteiger partial charge on any atom is 0.256 e. The SMILES string of the molecule is CCOc1cc([C@@H]2[C@H](C)N[C@@]3(C(=O)Nc4ccccc43)[C@@H]2[N+](=O)[O-])ccc1OCc1ccc(C)cc1. The van der Waals surface area contributed by atoms with Gasteiger partial charge in [-0.2, -0.15) is 0 Å². The predicted octanol–water partition coefficient (Wildman–Crippen LogP) is 4.54. The molecule has 5 rings (SSSR count). The highest BCUT2D eigenvalue weighted by Gasteiger charge is 2.67. The number of benzene rings is 3. The number of fused-ring (bicyclic) bond motifs is 2. The van der Waals surface area contributed by atoms with Gasteiger partial charge < -0.3 is 14.8 Å². The monoisotopic (exact) mass is 487 g/mol. The molecule has 8 heteroatoms. The van der Waals surface area contributed by atoms with Crippen molar-refractivity contribution in [1.82, 2.24) is 5.32 Å². The Morgan fingerprint density at radius 2 is 1.78 bits per heavy atom. The van der Waals surface area contributed by atoms with Gasteiger partial charge in [0.1, 0.15) is 6.61 Å². The Balaban J connectivity index is 1.50. The molecule has 2 aliphatic rings. The van der Waals surface area contributed by atoms with Crippen LogP contribution in [0.3, 0.4) is 0 Å². The van der Waals surface area contributed by atoms with Gasteiger partial charge in [-0.05, 0) is 50.1 Å². The maximum absolute atomic E-state index is 13.2. The summed E-state index contributed by atoms with van der Waals surface area (Å²) in [5, 5.41) is 18.7. The Hall–Kier alpha value is -3.91. The van der Waals surface area contributed by atoms with Gasteiger partial charge in [-0.25, -0.2) is 0 Å². The Bertz CT molecular complexity index is 1310. The van der Waals surface area contributed by atoms with E-state index in [-0.39, 0.29) is 11.0 Å². The van der Waals surface area contributed by atoms with Gasteiger partial charge in [0.2, 0.25) is 0 Å². The zero-order valence-corrected chi connectivity index (χ0v) is 20.5. The molecule has 2 heterocycles. The summed E-state index contributed by atoms with van der Waals surface area (Å²) in [5.74, 6) is 0.120. The van der Waals surface area contributed by atoms with Crippen LogP contribution in [-0.4, -0.2) is 29.5 Å². The summed E-state index contributed by atoms with van der Waals surface area (Å²) in [5.41, 5.74) is 2.68. The minimum Gasteiger partial charge on any atom is -0.490 e. The summed E-state index contributed by atoms with van der Waals surface area (Å²) in [6.07, 6.45) is 0.